The Labute approximate surface area is 154 Å². The van der Waals surface area contributed by atoms with Gasteiger partial charge in [0.25, 0.3) is 0 Å². The summed E-state index contributed by atoms with van der Waals surface area (Å²) in [5.41, 5.74) is 5.23. The van der Waals surface area contributed by atoms with Gasteiger partial charge in [0, 0.05) is 13.3 Å². The van der Waals surface area contributed by atoms with Crippen molar-refractivity contribution in [1.29, 1.82) is 0 Å². The Balaban J connectivity index is 1.96. The molecule has 11 heteroatoms. The van der Waals surface area contributed by atoms with Crippen LogP contribution in [-0.4, -0.2) is 75.8 Å². The Bertz CT molecular complexity index is 855. The van der Waals surface area contributed by atoms with Gasteiger partial charge in [0.05, 0.1) is 12.3 Å². The van der Waals surface area contributed by atoms with Gasteiger partial charge in [-0.2, -0.15) is 5.10 Å². The lowest BCUT2D eigenvalue weighted by Crippen LogP contribution is -2.43. The molecule has 0 radical (unpaired) electrons. The highest BCUT2D eigenvalue weighted by Gasteiger charge is 2.56. The van der Waals surface area contributed by atoms with Crippen LogP contribution < -0.4 is 5.73 Å². The van der Waals surface area contributed by atoms with Gasteiger partial charge in [0.1, 0.15) is 36.8 Å². The first-order valence-electron chi connectivity index (χ1n) is 8.30. The zero-order valence-electron chi connectivity index (χ0n) is 14.8. The second-order valence-corrected chi connectivity index (χ2v) is 5.93. The molecule has 4 atom stereocenters. The van der Waals surface area contributed by atoms with Crippen molar-refractivity contribution in [1.82, 2.24) is 14.6 Å². The molecule has 1 saturated heterocycles. The molecule has 1 aliphatic rings. The number of hydrogen-bond acceptors (Lipinski definition) is 10. The Kier molecular flexibility index (Phi) is 5.26. The van der Waals surface area contributed by atoms with Gasteiger partial charge in [-0.1, -0.05) is 0 Å². The fraction of sp³-hybridized carbons (Fsp3) is 0.500. The molecule has 0 aliphatic carbocycles. The smallest absolute Gasteiger partial charge is 0.435 e. The van der Waals surface area contributed by atoms with E-state index in [9.17, 15) is 15.0 Å². The molecule has 1 aliphatic heterocycles. The molecule has 4 N–H and O–H groups in total. The Morgan fingerprint density at radius 3 is 2.96 bits per heavy atom. The van der Waals surface area contributed by atoms with Gasteiger partial charge in [0.2, 0.25) is 0 Å². The third kappa shape index (κ3) is 3.20. The summed E-state index contributed by atoms with van der Waals surface area (Å²) in [5.74, 6) is 0.245. The Morgan fingerprint density at radius 2 is 2.26 bits per heavy atom. The van der Waals surface area contributed by atoms with Crippen LogP contribution in [0.5, 0.6) is 0 Å². The highest BCUT2D eigenvalue weighted by Crippen LogP contribution is 2.39. The number of ether oxygens (including phenoxy) is 3. The molecule has 0 amide bonds. The fourth-order valence-electron chi connectivity index (χ4n) is 3.11. The van der Waals surface area contributed by atoms with Gasteiger partial charge in [-0.25, -0.2) is 14.3 Å². The minimum Gasteiger partial charge on any atom is -0.435 e. The second-order valence-electron chi connectivity index (χ2n) is 5.93. The van der Waals surface area contributed by atoms with E-state index in [0.29, 0.717) is 11.2 Å². The van der Waals surface area contributed by atoms with Crippen LogP contribution in [0.3, 0.4) is 0 Å². The number of nitrogens with two attached hydrogens (primary N) is 1. The Morgan fingerprint density at radius 1 is 1.48 bits per heavy atom. The molecule has 0 aromatic carbocycles. The molecule has 2 aromatic rings. The number of hydrogen-bond donors (Lipinski definition) is 3. The van der Waals surface area contributed by atoms with Crippen molar-refractivity contribution in [3.8, 4) is 0 Å². The SMILES string of the molecule is CCOC(=O)OC[C@H]1O[C@@](C=NC)(c2ccc3c(N)ncnn23)[C@H](O)[C@@H]1O. The molecule has 27 heavy (non-hydrogen) atoms. The van der Waals surface area contributed by atoms with E-state index in [4.69, 9.17) is 15.2 Å². The van der Waals surface area contributed by atoms with E-state index < -0.39 is 30.1 Å². The first-order chi connectivity index (χ1) is 12.9. The third-order valence-corrected chi connectivity index (χ3v) is 4.32. The molecule has 0 bridgehead atoms. The van der Waals surface area contributed by atoms with E-state index in [-0.39, 0.29) is 19.0 Å². The molecule has 0 saturated carbocycles. The zero-order chi connectivity index (χ0) is 19.6. The number of carbonyl (C=O) groups is 1. The van der Waals surface area contributed by atoms with E-state index in [1.54, 1.807) is 19.1 Å². The lowest BCUT2D eigenvalue weighted by Gasteiger charge is -2.27. The van der Waals surface area contributed by atoms with Crippen LogP contribution in [0.25, 0.3) is 5.52 Å². The highest BCUT2D eigenvalue weighted by atomic mass is 16.7. The summed E-state index contributed by atoms with van der Waals surface area (Å²) in [4.78, 5) is 19.3. The van der Waals surface area contributed by atoms with Gasteiger partial charge in [-0.15, -0.1) is 0 Å². The minimum absolute atomic E-state index is 0.152. The maximum atomic E-state index is 11.4. The van der Waals surface area contributed by atoms with Gasteiger partial charge >= 0.3 is 6.16 Å². The van der Waals surface area contributed by atoms with E-state index in [1.165, 1.54) is 24.1 Å². The van der Waals surface area contributed by atoms with Gasteiger partial charge < -0.3 is 30.2 Å². The van der Waals surface area contributed by atoms with Crippen LogP contribution in [0, 0.1) is 0 Å². The van der Waals surface area contributed by atoms with E-state index in [2.05, 4.69) is 19.8 Å². The first kappa shape index (κ1) is 19.0. The predicted molar refractivity (Wildman–Crippen MR) is 93.4 cm³/mol. The van der Waals surface area contributed by atoms with Crippen molar-refractivity contribution in [2.75, 3.05) is 26.0 Å². The van der Waals surface area contributed by atoms with Crippen LogP contribution in [0.1, 0.15) is 12.6 Å². The molecule has 0 spiro atoms. The Hall–Kier alpha value is -2.76. The van der Waals surface area contributed by atoms with E-state index in [1.807, 2.05) is 0 Å². The van der Waals surface area contributed by atoms with Crippen LogP contribution in [0.2, 0.25) is 0 Å². The number of fused-ring (bicyclic) bond motifs is 1. The molecule has 3 heterocycles. The van der Waals surface area contributed by atoms with Crippen LogP contribution in [0.4, 0.5) is 10.6 Å². The lowest BCUT2D eigenvalue weighted by molar-refractivity contribution is -0.0629. The number of aliphatic imine (C=N–C) groups is 1. The van der Waals surface area contributed by atoms with Crippen molar-refractivity contribution in [2.45, 2.75) is 30.8 Å². The number of carbonyl (C=O) groups excluding carboxylic acids is 1. The maximum Gasteiger partial charge on any atom is 0.508 e. The van der Waals surface area contributed by atoms with Crippen molar-refractivity contribution in [2.24, 2.45) is 4.99 Å². The van der Waals surface area contributed by atoms with Gasteiger partial charge in [-0.05, 0) is 19.1 Å². The van der Waals surface area contributed by atoms with Crippen molar-refractivity contribution >= 4 is 23.7 Å². The normalized spacial score (nSPS) is 28.1. The summed E-state index contributed by atoms with van der Waals surface area (Å²) < 4.78 is 17.0. The second kappa shape index (κ2) is 7.47. The number of aromatic nitrogens is 3. The molecular weight excluding hydrogens is 358 g/mol. The van der Waals surface area contributed by atoms with Crippen molar-refractivity contribution in [3.63, 3.8) is 0 Å². The summed E-state index contributed by atoms with van der Waals surface area (Å²) in [6.07, 6.45) is -2.01. The fourth-order valence-corrected chi connectivity index (χ4v) is 3.11. The summed E-state index contributed by atoms with van der Waals surface area (Å²) in [6.45, 7) is 1.48. The molecule has 11 nitrogen and oxygen atoms in total. The number of nitrogens with zero attached hydrogens (tertiary/aromatic N) is 4. The molecule has 2 aromatic heterocycles. The van der Waals surface area contributed by atoms with Crippen LogP contribution in [0.15, 0.2) is 23.5 Å². The number of nitrogen functional groups attached to an aromatic ring is 1. The molecule has 1 fully saturated rings. The molecule has 3 rings (SSSR count). The predicted octanol–water partition coefficient (Wildman–Crippen LogP) is -0.499. The zero-order valence-corrected chi connectivity index (χ0v) is 14.8. The number of anilines is 1. The van der Waals surface area contributed by atoms with Gasteiger partial charge in [0.15, 0.2) is 11.4 Å². The lowest BCUT2D eigenvalue weighted by atomic mass is 9.92. The quantitative estimate of drug-likeness (QED) is 0.461. The summed E-state index contributed by atoms with van der Waals surface area (Å²) >= 11 is 0. The average Bonchev–Trinajstić information content (AvgIpc) is 3.18. The third-order valence-electron chi connectivity index (χ3n) is 4.32. The molecule has 0 unspecified atom stereocenters. The van der Waals surface area contributed by atoms with Crippen LogP contribution >= 0.6 is 0 Å². The van der Waals surface area contributed by atoms with Crippen molar-refractivity contribution in [3.05, 3.63) is 24.2 Å². The van der Waals surface area contributed by atoms with E-state index >= 15 is 0 Å². The minimum atomic E-state index is -1.52. The first-order valence-corrected chi connectivity index (χ1v) is 8.30. The summed E-state index contributed by atoms with van der Waals surface area (Å²) in [7, 11) is 1.51. The number of aliphatic hydroxyl groups excluding tert-OH is 2. The largest absolute Gasteiger partial charge is 0.508 e. The average molecular weight is 379 g/mol. The van der Waals surface area contributed by atoms with E-state index in [0.717, 1.165) is 0 Å². The summed E-state index contributed by atoms with van der Waals surface area (Å²) in [5, 5.41) is 25.3. The van der Waals surface area contributed by atoms with Crippen LogP contribution in [-0.2, 0) is 19.8 Å². The number of rotatable bonds is 5. The highest BCUT2D eigenvalue weighted by molar-refractivity contribution is 5.75. The van der Waals surface area contributed by atoms with Gasteiger partial charge in [-0.3, -0.25) is 4.99 Å². The molecular formula is C16H21N5O6. The van der Waals surface area contributed by atoms with Crippen molar-refractivity contribution < 1.29 is 29.2 Å². The standard InChI is InChI=1S/C16H21N5O6/c1-3-25-15(24)26-6-10-12(22)13(23)16(27-10,7-18-2)11-5-4-9-14(17)19-8-20-21(9)11/h4-5,7-8,10,12-13,22-23H,3,6H2,1-2H3,(H2,17,19,20)/t10-,12-,13-,16+/m1/s1. The monoisotopic (exact) mass is 379 g/mol. The molecule has 146 valence electrons. The number of aliphatic hydroxyl groups is 2. The summed E-state index contributed by atoms with van der Waals surface area (Å²) in [6, 6.07) is 3.31. The maximum absolute atomic E-state index is 11.4. The topological polar surface area (TPSA) is 154 Å².